The van der Waals surface area contributed by atoms with Crippen LogP contribution < -0.4 is 4.74 Å². The molecule has 114 valence electrons. The molecule has 1 fully saturated rings. The summed E-state index contributed by atoms with van der Waals surface area (Å²) in [4.78, 5) is 13.3. The first-order chi connectivity index (χ1) is 10.3. The molecule has 0 aliphatic heterocycles. The van der Waals surface area contributed by atoms with Crippen LogP contribution >= 0.6 is 23.4 Å². The quantitative estimate of drug-likeness (QED) is 0.790. The van der Waals surface area contributed by atoms with E-state index in [-0.39, 0.29) is 0 Å². The van der Waals surface area contributed by atoms with Crippen LogP contribution in [0.2, 0.25) is 0 Å². The van der Waals surface area contributed by atoms with Crippen molar-refractivity contribution in [2.45, 2.75) is 37.0 Å². The second-order valence-electron chi connectivity index (χ2n) is 5.22. The molecule has 0 radical (unpaired) electrons. The van der Waals surface area contributed by atoms with Crippen molar-refractivity contribution in [3.63, 3.8) is 0 Å². The van der Waals surface area contributed by atoms with Gasteiger partial charge in [0.15, 0.2) is 11.2 Å². The van der Waals surface area contributed by atoms with E-state index >= 15 is 0 Å². The number of hydrogen-bond acceptors (Lipinski definition) is 5. The Morgan fingerprint density at radius 3 is 2.95 bits per heavy atom. The Hall–Kier alpha value is -1.01. The highest BCUT2D eigenvalue weighted by molar-refractivity contribution is 7.99. The van der Waals surface area contributed by atoms with Gasteiger partial charge in [-0.15, -0.1) is 11.6 Å². The van der Waals surface area contributed by atoms with Crippen molar-refractivity contribution in [3.8, 4) is 5.88 Å². The number of methoxy groups -OCH3 is 1. The van der Waals surface area contributed by atoms with Gasteiger partial charge in [-0.1, -0.05) is 0 Å². The maximum atomic E-state index is 5.95. The summed E-state index contributed by atoms with van der Waals surface area (Å²) >= 11 is 7.90. The van der Waals surface area contributed by atoms with Crippen LogP contribution in [0.15, 0.2) is 6.33 Å². The van der Waals surface area contributed by atoms with E-state index in [1.165, 1.54) is 12.8 Å². The number of aromatic nitrogens is 4. The maximum absolute atomic E-state index is 5.95. The summed E-state index contributed by atoms with van der Waals surface area (Å²) in [6, 6.07) is 0.449. The lowest BCUT2D eigenvalue weighted by Crippen LogP contribution is -2.11. The second kappa shape index (κ2) is 6.40. The Bertz CT molecular complexity index is 633. The average molecular weight is 327 g/mol. The molecule has 2 aromatic rings. The van der Waals surface area contributed by atoms with Crippen molar-refractivity contribution in [2.75, 3.05) is 19.2 Å². The Morgan fingerprint density at radius 1 is 1.43 bits per heavy atom. The van der Waals surface area contributed by atoms with E-state index in [0.717, 1.165) is 35.1 Å². The molecule has 1 saturated carbocycles. The lowest BCUT2D eigenvalue weighted by Gasteiger charge is -2.16. The number of halogens is 1. The zero-order valence-corrected chi connectivity index (χ0v) is 13.8. The van der Waals surface area contributed by atoms with Crippen LogP contribution in [0.4, 0.5) is 0 Å². The van der Waals surface area contributed by atoms with Crippen molar-refractivity contribution in [3.05, 3.63) is 12.2 Å². The van der Waals surface area contributed by atoms with Gasteiger partial charge in [0.25, 0.3) is 0 Å². The van der Waals surface area contributed by atoms with Gasteiger partial charge in [0.1, 0.15) is 12.2 Å². The molecule has 0 aromatic carbocycles. The molecule has 0 N–H and O–H groups in total. The minimum absolute atomic E-state index is 0.449. The first kappa shape index (κ1) is 14.9. The molecule has 2 heterocycles. The minimum atomic E-state index is 0.449. The van der Waals surface area contributed by atoms with Crippen molar-refractivity contribution in [1.29, 1.82) is 0 Å². The summed E-state index contributed by atoms with van der Waals surface area (Å²) in [6.45, 7) is 0. The van der Waals surface area contributed by atoms with Gasteiger partial charge < -0.3 is 9.30 Å². The fourth-order valence-corrected chi connectivity index (χ4v) is 4.05. The van der Waals surface area contributed by atoms with Crippen LogP contribution in [-0.2, 0) is 6.42 Å². The summed E-state index contributed by atoms with van der Waals surface area (Å²) in [6.07, 6.45) is 8.04. The van der Waals surface area contributed by atoms with Crippen molar-refractivity contribution >= 4 is 34.5 Å². The summed E-state index contributed by atoms with van der Waals surface area (Å²) in [5.41, 5.74) is 1.61. The molecule has 2 unspecified atom stereocenters. The number of aryl methyl sites for hydroxylation is 1. The maximum Gasteiger partial charge on any atom is 0.245 e. The molecule has 7 heteroatoms. The number of hydrogen-bond donors (Lipinski definition) is 0. The first-order valence-corrected chi connectivity index (χ1v) is 8.95. The third-order valence-electron chi connectivity index (χ3n) is 4.08. The van der Waals surface area contributed by atoms with Crippen LogP contribution in [0.3, 0.4) is 0 Å². The SMILES string of the molecule is COc1ncnc2c1nc(CCCl)n2C1CCC(SC)C1. The first-order valence-electron chi connectivity index (χ1n) is 7.13. The predicted molar refractivity (Wildman–Crippen MR) is 86.5 cm³/mol. The number of ether oxygens (including phenoxy) is 1. The van der Waals surface area contributed by atoms with E-state index in [4.69, 9.17) is 21.3 Å². The van der Waals surface area contributed by atoms with Crippen molar-refractivity contribution in [1.82, 2.24) is 19.5 Å². The van der Waals surface area contributed by atoms with Crippen molar-refractivity contribution in [2.24, 2.45) is 0 Å². The molecular weight excluding hydrogens is 308 g/mol. The summed E-state index contributed by atoms with van der Waals surface area (Å²) in [7, 11) is 1.61. The number of rotatable bonds is 5. The van der Waals surface area contributed by atoms with Gasteiger partial charge in [-0.3, -0.25) is 0 Å². The third-order valence-corrected chi connectivity index (χ3v) is 5.37. The van der Waals surface area contributed by atoms with Crippen LogP contribution in [0, 0.1) is 0 Å². The largest absolute Gasteiger partial charge is 0.479 e. The Balaban J connectivity index is 2.08. The molecule has 0 spiro atoms. The molecule has 0 amide bonds. The minimum Gasteiger partial charge on any atom is -0.479 e. The normalized spacial score (nSPS) is 22.0. The van der Waals surface area contributed by atoms with Gasteiger partial charge in [-0.25, -0.2) is 9.97 Å². The fraction of sp³-hybridized carbons (Fsp3) is 0.643. The molecule has 0 saturated heterocycles. The Morgan fingerprint density at radius 2 is 2.29 bits per heavy atom. The molecule has 21 heavy (non-hydrogen) atoms. The number of imidazole rings is 1. The van der Waals surface area contributed by atoms with E-state index in [1.807, 2.05) is 11.8 Å². The molecule has 2 aromatic heterocycles. The molecule has 5 nitrogen and oxygen atoms in total. The van der Waals surface area contributed by atoms with Crippen LogP contribution in [0.1, 0.15) is 31.1 Å². The average Bonchev–Trinajstić information content (AvgIpc) is 3.10. The summed E-state index contributed by atoms with van der Waals surface area (Å²) < 4.78 is 7.58. The topological polar surface area (TPSA) is 52.8 Å². The zero-order chi connectivity index (χ0) is 14.8. The van der Waals surface area contributed by atoms with Gasteiger partial charge in [0, 0.05) is 23.6 Å². The second-order valence-corrected chi connectivity index (χ2v) is 6.73. The Kier molecular flexibility index (Phi) is 4.54. The highest BCUT2D eigenvalue weighted by Crippen LogP contribution is 2.39. The number of thioether (sulfide) groups is 1. The number of fused-ring (bicyclic) bond motifs is 1. The van der Waals surface area contributed by atoms with Crippen molar-refractivity contribution < 1.29 is 4.74 Å². The van der Waals surface area contributed by atoms with Gasteiger partial charge in [-0.05, 0) is 25.5 Å². The van der Waals surface area contributed by atoms with Gasteiger partial charge >= 0.3 is 0 Å². The molecular formula is C14H19ClN4OS. The van der Waals surface area contributed by atoms with E-state index in [1.54, 1.807) is 13.4 Å². The molecule has 1 aliphatic rings. The van der Waals surface area contributed by atoms with E-state index in [9.17, 15) is 0 Å². The van der Waals surface area contributed by atoms with Gasteiger partial charge in [0.2, 0.25) is 5.88 Å². The molecule has 2 atom stereocenters. The smallest absolute Gasteiger partial charge is 0.245 e. The zero-order valence-electron chi connectivity index (χ0n) is 12.3. The monoisotopic (exact) mass is 326 g/mol. The van der Waals surface area contributed by atoms with Gasteiger partial charge in [0.05, 0.1) is 7.11 Å². The standard InChI is InChI=1S/C14H19ClN4OS/c1-20-14-12-13(16-8-17-14)19(11(18-12)5-6-15)9-3-4-10(7-9)21-2/h8-10H,3-7H2,1-2H3. The predicted octanol–water partition coefficient (Wildman–Crippen LogP) is 3.07. The molecule has 1 aliphatic carbocycles. The number of nitrogens with zero attached hydrogens (tertiary/aromatic N) is 4. The number of alkyl halides is 1. The summed E-state index contributed by atoms with van der Waals surface area (Å²) in [5, 5.41) is 0.722. The molecule has 3 rings (SSSR count). The third kappa shape index (κ3) is 2.71. The highest BCUT2D eigenvalue weighted by Gasteiger charge is 2.29. The lowest BCUT2D eigenvalue weighted by molar-refractivity contribution is 0.401. The van der Waals surface area contributed by atoms with Crippen LogP contribution in [-0.4, -0.2) is 44.0 Å². The molecule has 0 bridgehead atoms. The van der Waals surface area contributed by atoms with Gasteiger partial charge in [-0.2, -0.15) is 16.7 Å². The van der Waals surface area contributed by atoms with Crippen LogP contribution in [0.5, 0.6) is 5.88 Å². The van der Waals surface area contributed by atoms with E-state index in [0.29, 0.717) is 17.8 Å². The fourth-order valence-electron chi connectivity index (χ4n) is 3.09. The highest BCUT2D eigenvalue weighted by atomic mass is 35.5. The van der Waals surface area contributed by atoms with Crippen LogP contribution in [0.25, 0.3) is 11.2 Å². The van der Waals surface area contributed by atoms with E-state index in [2.05, 4.69) is 20.8 Å². The van der Waals surface area contributed by atoms with E-state index < -0.39 is 0 Å². The summed E-state index contributed by atoms with van der Waals surface area (Å²) in [5.74, 6) is 2.08. The lowest BCUT2D eigenvalue weighted by atomic mass is 10.2. The Labute approximate surface area is 133 Å².